The number of aromatic carboxylic acids is 1. The van der Waals surface area contributed by atoms with Crippen LogP contribution in [-0.4, -0.2) is 21.6 Å². The van der Waals surface area contributed by atoms with Gasteiger partial charge in [-0.3, -0.25) is 4.79 Å². The average molecular weight is 457 g/mol. The van der Waals surface area contributed by atoms with Gasteiger partial charge in [0.1, 0.15) is 0 Å². The second-order valence-electron chi connectivity index (χ2n) is 7.17. The molecule has 3 rings (SSSR count). The Hall–Kier alpha value is -2.60. The predicted octanol–water partition coefficient (Wildman–Crippen LogP) is 6.25. The lowest BCUT2D eigenvalue weighted by molar-refractivity contribution is -0.120. The molecule has 6 heteroatoms. The van der Waals surface area contributed by atoms with Gasteiger partial charge >= 0.3 is 5.97 Å². The molecule has 0 aliphatic rings. The van der Waals surface area contributed by atoms with E-state index in [1.807, 2.05) is 42.0 Å². The highest BCUT2D eigenvalue weighted by molar-refractivity contribution is 9.10. The third-order valence-corrected chi connectivity index (χ3v) is 5.85. The van der Waals surface area contributed by atoms with Gasteiger partial charge in [-0.05, 0) is 65.2 Å². The molecule has 0 fully saturated rings. The van der Waals surface area contributed by atoms with Crippen LogP contribution in [0.1, 0.15) is 49.9 Å². The Morgan fingerprint density at radius 1 is 1.14 bits per heavy atom. The Balaban J connectivity index is 1.90. The summed E-state index contributed by atoms with van der Waals surface area (Å²) in [5.74, 6) is -0.886. The van der Waals surface area contributed by atoms with E-state index >= 15 is 0 Å². The summed E-state index contributed by atoms with van der Waals surface area (Å²) in [5.41, 5.74) is 2.77. The quantitative estimate of drug-likeness (QED) is 0.420. The molecule has 29 heavy (non-hydrogen) atoms. The number of aromatic nitrogens is 1. The summed E-state index contributed by atoms with van der Waals surface area (Å²) >= 11 is 3.34. The maximum absolute atomic E-state index is 12.6. The molecule has 3 aromatic rings. The number of carbonyl (C=O) groups excluding carboxylic acids is 1. The molecule has 2 aromatic carbocycles. The van der Waals surface area contributed by atoms with Gasteiger partial charge in [0.25, 0.3) is 0 Å². The van der Waals surface area contributed by atoms with E-state index in [0.717, 1.165) is 48.0 Å². The summed E-state index contributed by atoms with van der Waals surface area (Å²) in [6.07, 6.45) is 5.80. The lowest BCUT2D eigenvalue weighted by atomic mass is 9.98. The molecule has 0 bridgehead atoms. The largest absolute Gasteiger partial charge is 0.478 e. The van der Waals surface area contributed by atoms with Crippen molar-refractivity contribution in [3.8, 4) is 5.69 Å². The van der Waals surface area contributed by atoms with Gasteiger partial charge in [0.2, 0.25) is 5.91 Å². The zero-order valence-electron chi connectivity index (χ0n) is 16.6. The third kappa shape index (κ3) is 4.70. The second-order valence-corrected chi connectivity index (χ2v) is 8.02. The molecule has 0 saturated carbocycles. The van der Waals surface area contributed by atoms with Gasteiger partial charge in [-0.1, -0.05) is 32.8 Å². The molecule has 2 N–H and O–H groups in total. The molecule has 5 nitrogen and oxygen atoms in total. The van der Waals surface area contributed by atoms with Crippen LogP contribution in [0.2, 0.25) is 0 Å². The highest BCUT2D eigenvalue weighted by atomic mass is 79.9. The fraction of sp³-hybridized carbons (Fsp3) is 0.304. The average Bonchev–Trinajstić information content (AvgIpc) is 3.11. The maximum Gasteiger partial charge on any atom is 0.336 e. The van der Waals surface area contributed by atoms with Crippen molar-refractivity contribution in [3.63, 3.8) is 0 Å². The molecule has 0 spiro atoms. The van der Waals surface area contributed by atoms with E-state index in [9.17, 15) is 14.7 Å². The lowest BCUT2D eigenvalue weighted by Gasteiger charge is -2.15. The first kappa shape index (κ1) is 21.1. The number of hydrogen-bond acceptors (Lipinski definition) is 2. The van der Waals surface area contributed by atoms with Crippen molar-refractivity contribution < 1.29 is 14.7 Å². The lowest BCUT2D eigenvalue weighted by Crippen LogP contribution is -2.22. The number of amides is 1. The molecule has 0 saturated heterocycles. The summed E-state index contributed by atoms with van der Waals surface area (Å²) in [4.78, 5) is 23.9. The fourth-order valence-corrected chi connectivity index (χ4v) is 4.01. The van der Waals surface area contributed by atoms with Crippen molar-refractivity contribution in [2.45, 2.75) is 39.5 Å². The summed E-state index contributed by atoms with van der Waals surface area (Å²) in [6, 6.07) is 13.0. The highest BCUT2D eigenvalue weighted by Crippen LogP contribution is 2.27. The number of carboxylic acids is 1. The molecular weight excluding hydrogens is 432 g/mol. The third-order valence-electron chi connectivity index (χ3n) is 5.19. The van der Waals surface area contributed by atoms with Gasteiger partial charge in [0.15, 0.2) is 0 Å². The minimum atomic E-state index is -0.973. The number of hydrogen-bond donors (Lipinski definition) is 2. The molecule has 0 aliphatic carbocycles. The van der Waals surface area contributed by atoms with Crippen LogP contribution in [0.5, 0.6) is 0 Å². The number of carboxylic acid groups (broad SMARTS) is 1. The van der Waals surface area contributed by atoms with Gasteiger partial charge in [0.05, 0.1) is 11.1 Å². The molecule has 0 radical (unpaired) electrons. The Bertz CT molecular complexity index is 1040. The molecule has 1 amide bonds. The number of anilines is 1. The van der Waals surface area contributed by atoms with E-state index in [4.69, 9.17) is 0 Å². The summed E-state index contributed by atoms with van der Waals surface area (Å²) in [7, 11) is 0. The number of halogens is 1. The normalized spacial score (nSPS) is 12.1. The Morgan fingerprint density at radius 2 is 1.93 bits per heavy atom. The van der Waals surface area contributed by atoms with Crippen molar-refractivity contribution in [1.29, 1.82) is 0 Å². The van der Waals surface area contributed by atoms with E-state index in [-0.39, 0.29) is 17.4 Å². The number of rotatable bonds is 8. The number of carbonyl (C=O) groups is 2. The van der Waals surface area contributed by atoms with Crippen LogP contribution < -0.4 is 5.32 Å². The maximum atomic E-state index is 12.6. The van der Waals surface area contributed by atoms with Crippen LogP contribution in [0.25, 0.3) is 16.6 Å². The van der Waals surface area contributed by atoms with Gasteiger partial charge in [-0.2, -0.15) is 0 Å². The molecular formula is C23H25BrN2O3. The minimum Gasteiger partial charge on any atom is -0.478 e. The van der Waals surface area contributed by atoms with Crippen LogP contribution >= 0.6 is 15.9 Å². The van der Waals surface area contributed by atoms with Crippen LogP contribution in [-0.2, 0) is 4.79 Å². The van der Waals surface area contributed by atoms with Gasteiger partial charge in [-0.15, -0.1) is 0 Å². The van der Waals surface area contributed by atoms with E-state index in [0.29, 0.717) is 4.47 Å². The second kappa shape index (κ2) is 9.27. The van der Waals surface area contributed by atoms with Crippen molar-refractivity contribution >= 4 is 44.4 Å². The number of fused-ring (bicyclic) bond motifs is 1. The fourth-order valence-electron chi connectivity index (χ4n) is 3.47. The number of benzene rings is 2. The summed E-state index contributed by atoms with van der Waals surface area (Å²) < 4.78 is 2.51. The van der Waals surface area contributed by atoms with Crippen LogP contribution in [0.15, 0.2) is 53.1 Å². The van der Waals surface area contributed by atoms with Crippen molar-refractivity contribution in [3.05, 3.63) is 58.7 Å². The Kier molecular flexibility index (Phi) is 6.75. The Labute approximate surface area is 178 Å². The Morgan fingerprint density at radius 3 is 2.59 bits per heavy atom. The van der Waals surface area contributed by atoms with Crippen LogP contribution in [0, 0.1) is 5.92 Å². The van der Waals surface area contributed by atoms with E-state index in [1.54, 1.807) is 18.2 Å². The molecule has 1 unspecified atom stereocenters. The van der Waals surface area contributed by atoms with Crippen molar-refractivity contribution in [1.82, 2.24) is 4.57 Å². The van der Waals surface area contributed by atoms with Gasteiger partial charge < -0.3 is 15.0 Å². The van der Waals surface area contributed by atoms with E-state index in [2.05, 4.69) is 28.2 Å². The first-order chi connectivity index (χ1) is 13.9. The summed E-state index contributed by atoms with van der Waals surface area (Å²) in [6.45, 7) is 4.18. The van der Waals surface area contributed by atoms with Crippen LogP contribution in [0.3, 0.4) is 0 Å². The topological polar surface area (TPSA) is 71.3 Å². The molecule has 152 valence electrons. The predicted molar refractivity (Wildman–Crippen MR) is 120 cm³/mol. The first-order valence-electron chi connectivity index (χ1n) is 9.89. The number of nitrogens with one attached hydrogen (secondary N) is 1. The van der Waals surface area contributed by atoms with Gasteiger partial charge in [0, 0.05) is 33.3 Å². The zero-order valence-corrected chi connectivity index (χ0v) is 18.2. The molecule has 1 aromatic heterocycles. The van der Waals surface area contributed by atoms with Gasteiger partial charge in [-0.25, -0.2) is 4.79 Å². The minimum absolute atomic E-state index is 0.0250. The first-order valence-corrected chi connectivity index (χ1v) is 10.7. The SMILES string of the molecule is CCCCC(CC)C(=O)Nc1ccc2ccn(-c3ccc(C(=O)O)c(Br)c3)c2c1. The summed E-state index contributed by atoms with van der Waals surface area (Å²) in [5, 5.41) is 13.3. The van der Waals surface area contributed by atoms with Crippen LogP contribution in [0.4, 0.5) is 5.69 Å². The standard InChI is InChI=1S/C23H25BrN2O3/c1-3-5-6-15(4-2)22(27)25-17-8-7-16-11-12-26(21(16)13-17)18-9-10-19(23(28)29)20(24)14-18/h7-15H,3-6H2,1-2H3,(H,25,27)(H,28,29). The van der Waals surface area contributed by atoms with E-state index < -0.39 is 5.97 Å². The van der Waals surface area contributed by atoms with Crippen molar-refractivity contribution in [2.75, 3.05) is 5.32 Å². The van der Waals surface area contributed by atoms with E-state index in [1.165, 1.54) is 0 Å². The monoisotopic (exact) mass is 456 g/mol. The highest BCUT2D eigenvalue weighted by Gasteiger charge is 2.16. The van der Waals surface area contributed by atoms with Crippen molar-refractivity contribution in [2.24, 2.45) is 5.92 Å². The smallest absolute Gasteiger partial charge is 0.336 e. The molecule has 0 aliphatic heterocycles. The number of nitrogens with zero attached hydrogens (tertiary/aromatic N) is 1. The molecule has 1 atom stereocenters. The zero-order chi connectivity index (χ0) is 21.0. The number of unbranched alkanes of at least 4 members (excludes halogenated alkanes) is 1. The molecule has 1 heterocycles.